The molecule has 1 unspecified atom stereocenters. The second-order valence-corrected chi connectivity index (χ2v) is 5.90. The predicted molar refractivity (Wildman–Crippen MR) is 62.1 cm³/mol. The van der Waals surface area contributed by atoms with Crippen LogP contribution >= 0.6 is 0 Å². The molecular formula is C14H20O2. The third kappa shape index (κ3) is 1.09. The minimum Gasteiger partial charge on any atom is -0.359 e. The normalized spacial score (nSPS) is 46.2. The average molecular weight is 220 g/mol. The number of ether oxygens (including phenoxy) is 1. The Balaban J connectivity index is 2.09. The molecule has 1 saturated heterocycles. The average Bonchev–Trinajstić information content (AvgIpc) is 2.61. The molecule has 3 aliphatic rings. The fourth-order valence-corrected chi connectivity index (χ4v) is 3.85. The topological polar surface area (TPSA) is 26.3 Å². The van der Waals surface area contributed by atoms with Gasteiger partial charge in [-0.05, 0) is 31.6 Å². The molecule has 0 aromatic rings. The van der Waals surface area contributed by atoms with Crippen LogP contribution in [0.1, 0.15) is 46.0 Å². The van der Waals surface area contributed by atoms with Crippen molar-refractivity contribution in [1.29, 1.82) is 0 Å². The SMILES string of the molecule is CC(C)[C@@]12CC=CC[C@]3(CCCC3C1=O)O2. The Morgan fingerprint density at radius 1 is 1.38 bits per heavy atom. The molecule has 2 heterocycles. The molecule has 2 heteroatoms. The minimum absolute atomic E-state index is 0.131. The van der Waals surface area contributed by atoms with E-state index in [2.05, 4.69) is 26.0 Å². The molecule has 2 bridgehead atoms. The monoisotopic (exact) mass is 220 g/mol. The van der Waals surface area contributed by atoms with E-state index in [1.165, 1.54) is 0 Å². The lowest BCUT2D eigenvalue weighted by Gasteiger charge is -2.33. The van der Waals surface area contributed by atoms with Crippen molar-refractivity contribution in [2.75, 3.05) is 0 Å². The summed E-state index contributed by atoms with van der Waals surface area (Å²) in [6.45, 7) is 4.23. The van der Waals surface area contributed by atoms with Gasteiger partial charge >= 0.3 is 0 Å². The summed E-state index contributed by atoms with van der Waals surface area (Å²) in [5.41, 5.74) is -0.632. The Labute approximate surface area is 97.1 Å². The molecule has 2 fully saturated rings. The quantitative estimate of drug-likeness (QED) is 0.635. The van der Waals surface area contributed by atoms with Gasteiger partial charge in [0, 0.05) is 6.42 Å². The Hall–Kier alpha value is -0.630. The number of hydrogen-bond acceptors (Lipinski definition) is 2. The number of carbonyl (C=O) groups excluding carboxylic acids is 1. The summed E-state index contributed by atoms with van der Waals surface area (Å²) in [4.78, 5) is 12.6. The molecular weight excluding hydrogens is 200 g/mol. The molecule has 0 amide bonds. The number of rotatable bonds is 1. The van der Waals surface area contributed by atoms with Gasteiger partial charge < -0.3 is 4.74 Å². The molecule has 0 aromatic carbocycles. The number of fused-ring (bicyclic) bond motifs is 1. The summed E-state index contributed by atoms with van der Waals surface area (Å²) >= 11 is 0. The zero-order valence-corrected chi connectivity index (χ0v) is 10.2. The molecule has 88 valence electrons. The van der Waals surface area contributed by atoms with E-state index >= 15 is 0 Å². The summed E-state index contributed by atoms with van der Waals surface area (Å²) < 4.78 is 6.38. The summed E-state index contributed by atoms with van der Waals surface area (Å²) in [5.74, 6) is 0.856. The van der Waals surface area contributed by atoms with Crippen molar-refractivity contribution in [3.8, 4) is 0 Å². The molecule has 16 heavy (non-hydrogen) atoms. The van der Waals surface area contributed by atoms with Crippen molar-refractivity contribution >= 4 is 5.78 Å². The maximum atomic E-state index is 12.6. The second kappa shape index (κ2) is 3.19. The minimum atomic E-state index is -0.502. The van der Waals surface area contributed by atoms with Crippen LogP contribution in [0.25, 0.3) is 0 Å². The van der Waals surface area contributed by atoms with Crippen molar-refractivity contribution in [2.24, 2.45) is 11.8 Å². The summed E-state index contributed by atoms with van der Waals surface area (Å²) in [6.07, 6.45) is 9.37. The molecule has 0 N–H and O–H groups in total. The summed E-state index contributed by atoms with van der Waals surface area (Å²) in [7, 11) is 0. The number of hydrogen-bond donors (Lipinski definition) is 0. The van der Waals surface area contributed by atoms with Crippen LogP contribution in [0, 0.1) is 11.8 Å². The van der Waals surface area contributed by atoms with Gasteiger partial charge in [-0.3, -0.25) is 4.79 Å². The first-order valence-corrected chi connectivity index (χ1v) is 6.50. The van der Waals surface area contributed by atoms with Crippen molar-refractivity contribution in [3.63, 3.8) is 0 Å². The Kier molecular flexibility index (Phi) is 2.10. The molecule has 3 rings (SSSR count). The van der Waals surface area contributed by atoms with E-state index in [0.717, 1.165) is 32.1 Å². The zero-order valence-electron chi connectivity index (χ0n) is 10.2. The first-order chi connectivity index (χ1) is 7.61. The van der Waals surface area contributed by atoms with Crippen molar-refractivity contribution in [3.05, 3.63) is 12.2 Å². The van der Waals surface area contributed by atoms with Crippen LogP contribution in [0.5, 0.6) is 0 Å². The van der Waals surface area contributed by atoms with Gasteiger partial charge in [0.2, 0.25) is 0 Å². The van der Waals surface area contributed by atoms with Gasteiger partial charge in [-0.1, -0.05) is 26.0 Å². The molecule has 0 aromatic heterocycles. The van der Waals surface area contributed by atoms with Gasteiger partial charge in [-0.25, -0.2) is 0 Å². The van der Waals surface area contributed by atoms with E-state index in [4.69, 9.17) is 4.74 Å². The summed E-state index contributed by atoms with van der Waals surface area (Å²) in [5, 5.41) is 0. The predicted octanol–water partition coefficient (Wildman–Crippen LogP) is 2.87. The lowest BCUT2D eigenvalue weighted by molar-refractivity contribution is -0.148. The van der Waals surface area contributed by atoms with E-state index in [1.54, 1.807) is 0 Å². The van der Waals surface area contributed by atoms with Crippen LogP contribution in [-0.4, -0.2) is 17.0 Å². The third-order valence-electron chi connectivity index (χ3n) is 4.83. The van der Waals surface area contributed by atoms with Crippen molar-refractivity contribution in [2.45, 2.75) is 57.2 Å². The molecule has 1 saturated carbocycles. The fraction of sp³-hybridized carbons (Fsp3) is 0.786. The van der Waals surface area contributed by atoms with Gasteiger partial charge in [-0.15, -0.1) is 0 Å². The number of ketones is 1. The van der Waals surface area contributed by atoms with Crippen molar-refractivity contribution < 1.29 is 9.53 Å². The van der Waals surface area contributed by atoms with Gasteiger partial charge in [-0.2, -0.15) is 0 Å². The van der Waals surface area contributed by atoms with Crippen LogP contribution in [-0.2, 0) is 9.53 Å². The van der Waals surface area contributed by atoms with Gasteiger partial charge in [0.25, 0.3) is 0 Å². The second-order valence-electron chi connectivity index (χ2n) is 5.90. The Morgan fingerprint density at radius 3 is 2.88 bits per heavy atom. The highest BCUT2D eigenvalue weighted by Crippen LogP contribution is 2.55. The van der Waals surface area contributed by atoms with E-state index in [1.807, 2.05) is 0 Å². The number of carbonyl (C=O) groups is 1. The van der Waals surface area contributed by atoms with E-state index in [0.29, 0.717) is 5.78 Å². The van der Waals surface area contributed by atoms with Gasteiger partial charge in [0.05, 0.1) is 11.5 Å². The van der Waals surface area contributed by atoms with Crippen LogP contribution in [0.2, 0.25) is 0 Å². The summed E-state index contributed by atoms with van der Waals surface area (Å²) in [6, 6.07) is 0. The van der Waals surface area contributed by atoms with E-state index < -0.39 is 5.60 Å². The van der Waals surface area contributed by atoms with Gasteiger partial charge in [0.15, 0.2) is 5.78 Å². The molecule has 3 atom stereocenters. The van der Waals surface area contributed by atoms with Crippen LogP contribution < -0.4 is 0 Å². The molecule has 2 aliphatic heterocycles. The Morgan fingerprint density at radius 2 is 2.12 bits per heavy atom. The van der Waals surface area contributed by atoms with Gasteiger partial charge in [0.1, 0.15) is 5.60 Å². The fourth-order valence-electron chi connectivity index (χ4n) is 3.85. The highest BCUT2D eigenvalue weighted by atomic mass is 16.5. The third-order valence-corrected chi connectivity index (χ3v) is 4.83. The maximum Gasteiger partial charge on any atom is 0.171 e. The molecule has 0 radical (unpaired) electrons. The lowest BCUT2D eigenvalue weighted by Crippen LogP contribution is -2.42. The molecule has 1 spiro atoms. The van der Waals surface area contributed by atoms with E-state index in [9.17, 15) is 4.79 Å². The van der Waals surface area contributed by atoms with Crippen LogP contribution in [0.4, 0.5) is 0 Å². The van der Waals surface area contributed by atoms with Crippen LogP contribution in [0.3, 0.4) is 0 Å². The van der Waals surface area contributed by atoms with Crippen LogP contribution in [0.15, 0.2) is 12.2 Å². The Bertz CT molecular complexity index is 358. The first-order valence-electron chi connectivity index (χ1n) is 6.50. The maximum absolute atomic E-state index is 12.6. The highest BCUT2D eigenvalue weighted by molar-refractivity contribution is 5.93. The number of Topliss-reactive ketones (excluding diaryl/α,β-unsaturated/α-hetero) is 1. The highest BCUT2D eigenvalue weighted by Gasteiger charge is 2.64. The lowest BCUT2D eigenvalue weighted by atomic mass is 9.76. The zero-order chi connectivity index (χ0) is 11.4. The largest absolute Gasteiger partial charge is 0.359 e. The van der Waals surface area contributed by atoms with Crippen molar-refractivity contribution in [1.82, 2.24) is 0 Å². The first kappa shape index (κ1) is 10.5. The standard InChI is InChI=1S/C14H20O2/c1-10(2)14-9-4-3-7-13(16-14)8-5-6-11(13)12(14)15/h3-4,10-11H,5-9H2,1-2H3/t11?,13-,14+/m1/s1. The smallest absolute Gasteiger partial charge is 0.171 e. The molecule has 1 aliphatic carbocycles. The van der Waals surface area contributed by atoms with E-state index in [-0.39, 0.29) is 17.4 Å². The molecule has 2 nitrogen and oxygen atoms in total.